The Labute approximate surface area is 92.5 Å². The lowest BCUT2D eigenvalue weighted by Crippen LogP contribution is -2.10. The van der Waals surface area contributed by atoms with E-state index in [0.717, 1.165) is 6.42 Å². The third-order valence-corrected chi connectivity index (χ3v) is 4.99. The van der Waals surface area contributed by atoms with Gasteiger partial charge in [-0.3, -0.25) is 4.79 Å². The number of carbonyl (C=O) groups excluding carboxylic acids is 1. The normalized spacial score (nSPS) is 32.4. The van der Waals surface area contributed by atoms with E-state index in [4.69, 9.17) is 10.0 Å². The van der Waals surface area contributed by atoms with Crippen molar-refractivity contribution in [2.75, 3.05) is 6.26 Å². The van der Waals surface area contributed by atoms with Crippen LogP contribution in [0.15, 0.2) is 12.1 Å². The molecule has 1 fully saturated rings. The first kappa shape index (κ1) is 12.2. The highest BCUT2D eigenvalue weighted by Gasteiger charge is 2.33. The minimum absolute atomic E-state index is 0.0714. The fraction of sp³-hybridized carbons (Fsp3) is 0.625. The summed E-state index contributed by atoms with van der Waals surface area (Å²) in [6.07, 6.45) is 6.49. The fourth-order valence-corrected chi connectivity index (χ4v) is 3.91. The predicted molar refractivity (Wildman–Crippen MR) is 61.8 cm³/mol. The van der Waals surface area contributed by atoms with Crippen molar-refractivity contribution in [2.45, 2.75) is 16.3 Å². The Bertz CT molecular complexity index is 223. The molecule has 2 N–H and O–H groups in total. The molecular formula is C8H12BO3S2. The molecule has 0 aromatic heterocycles. The molecule has 1 rings (SSSR count). The molecule has 3 unspecified atom stereocenters. The monoisotopic (exact) mass is 231 g/mol. The summed E-state index contributed by atoms with van der Waals surface area (Å²) in [6.45, 7) is 0. The molecule has 0 aromatic carbocycles. The number of allylic oxidation sites excluding steroid dienone is 1. The third kappa shape index (κ3) is 3.35. The van der Waals surface area contributed by atoms with E-state index >= 15 is 0 Å². The lowest BCUT2D eigenvalue weighted by atomic mass is 9.89. The van der Waals surface area contributed by atoms with Crippen molar-refractivity contribution in [3.05, 3.63) is 12.1 Å². The number of hydrogen-bond donors (Lipinski definition) is 2. The summed E-state index contributed by atoms with van der Waals surface area (Å²) in [6, 6.07) is 0. The van der Waals surface area contributed by atoms with Gasteiger partial charge in [0.2, 0.25) is 6.29 Å². The molecule has 0 saturated carbocycles. The van der Waals surface area contributed by atoms with Crippen molar-refractivity contribution in [3.63, 3.8) is 0 Å². The minimum Gasteiger partial charge on any atom is -0.424 e. The third-order valence-electron chi connectivity index (χ3n) is 2.03. The van der Waals surface area contributed by atoms with Crippen LogP contribution in [0.25, 0.3) is 0 Å². The SMILES string of the molecule is CSC1SC([C]=O)CC1/C=C/B(O)O. The lowest BCUT2D eigenvalue weighted by molar-refractivity contribution is 0.423. The van der Waals surface area contributed by atoms with Gasteiger partial charge >= 0.3 is 7.12 Å². The molecule has 6 heteroatoms. The molecular weight excluding hydrogens is 219 g/mol. The Morgan fingerprint density at radius 3 is 2.86 bits per heavy atom. The highest BCUT2D eigenvalue weighted by Crippen LogP contribution is 2.43. The maximum absolute atomic E-state index is 10.5. The number of rotatable bonds is 4. The van der Waals surface area contributed by atoms with E-state index in [2.05, 4.69) is 0 Å². The highest BCUT2D eigenvalue weighted by atomic mass is 32.2. The Morgan fingerprint density at radius 1 is 1.64 bits per heavy atom. The van der Waals surface area contributed by atoms with E-state index in [1.165, 1.54) is 5.98 Å². The molecule has 0 amide bonds. The van der Waals surface area contributed by atoms with Crippen LogP contribution in [0.4, 0.5) is 0 Å². The summed E-state index contributed by atoms with van der Waals surface area (Å²) < 4.78 is 0.316. The van der Waals surface area contributed by atoms with E-state index in [1.54, 1.807) is 29.6 Å². The average Bonchev–Trinajstić information content (AvgIpc) is 2.57. The Kier molecular flexibility index (Phi) is 5.08. The molecule has 1 aliphatic rings. The first-order chi connectivity index (χ1) is 6.67. The van der Waals surface area contributed by atoms with E-state index in [-0.39, 0.29) is 11.2 Å². The maximum atomic E-state index is 10.5. The van der Waals surface area contributed by atoms with Gasteiger partial charge in [0.25, 0.3) is 0 Å². The smallest absolute Gasteiger partial charge is 0.424 e. The van der Waals surface area contributed by atoms with Crippen molar-refractivity contribution in [1.29, 1.82) is 0 Å². The van der Waals surface area contributed by atoms with E-state index < -0.39 is 7.12 Å². The molecule has 1 aliphatic heterocycles. The first-order valence-corrected chi connectivity index (χ1v) is 6.51. The summed E-state index contributed by atoms with van der Waals surface area (Å²) in [7, 11) is -1.40. The molecule has 3 atom stereocenters. The number of hydrogen-bond acceptors (Lipinski definition) is 5. The molecule has 1 radical (unpaired) electrons. The maximum Gasteiger partial charge on any atom is 0.480 e. The van der Waals surface area contributed by atoms with E-state index in [1.807, 2.05) is 12.5 Å². The van der Waals surface area contributed by atoms with Crippen LogP contribution in [-0.2, 0) is 4.79 Å². The fourth-order valence-electron chi connectivity index (χ4n) is 1.39. The summed E-state index contributed by atoms with van der Waals surface area (Å²) in [4.78, 5) is 10.5. The van der Waals surface area contributed by atoms with Gasteiger partial charge in [0.15, 0.2) is 0 Å². The van der Waals surface area contributed by atoms with Gasteiger partial charge in [-0.25, -0.2) is 0 Å². The van der Waals surface area contributed by atoms with Crippen LogP contribution in [0.2, 0.25) is 0 Å². The van der Waals surface area contributed by atoms with Crippen molar-refractivity contribution >= 4 is 36.9 Å². The van der Waals surface area contributed by atoms with Gasteiger partial charge in [-0.1, -0.05) is 12.1 Å². The largest absolute Gasteiger partial charge is 0.480 e. The van der Waals surface area contributed by atoms with Gasteiger partial charge in [-0.15, -0.1) is 11.8 Å². The van der Waals surface area contributed by atoms with Gasteiger partial charge in [0.1, 0.15) is 0 Å². The van der Waals surface area contributed by atoms with Crippen LogP contribution in [0.3, 0.4) is 0 Å². The molecule has 0 aliphatic carbocycles. The van der Waals surface area contributed by atoms with Crippen LogP contribution in [-0.4, -0.2) is 39.5 Å². The Hall–Kier alpha value is 0.0949. The van der Waals surface area contributed by atoms with Gasteiger partial charge < -0.3 is 10.0 Å². The van der Waals surface area contributed by atoms with Crippen LogP contribution in [0, 0.1) is 5.92 Å². The Morgan fingerprint density at radius 2 is 2.36 bits per heavy atom. The standard InChI is InChI=1S/C8H12BO3S2/c1-13-8-6(2-3-9(11)12)4-7(5-10)14-8/h2-3,6-8,11-12H,4H2,1H3/b3-2+. The van der Waals surface area contributed by atoms with Gasteiger partial charge in [-0.05, 0) is 18.6 Å². The van der Waals surface area contributed by atoms with Crippen molar-refractivity contribution in [1.82, 2.24) is 0 Å². The molecule has 1 heterocycles. The van der Waals surface area contributed by atoms with Gasteiger partial charge in [-0.2, -0.15) is 11.8 Å². The van der Waals surface area contributed by atoms with E-state index in [0.29, 0.717) is 4.58 Å². The number of thioether (sulfide) groups is 2. The van der Waals surface area contributed by atoms with Crippen LogP contribution in [0.5, 0.6) is 0 Å². The summed E-state index contributed by atoms with van der Waals surface area (Å²) >= 11 is 3.28. The van der Waals surface area contributed by atoms with Crippen LogP contribution >= 0.6 is 23.5 Å². The molecule has 1 saturated heterocycles. The summed E-state index contributed by atoms with van der Waals surface area (Å²) in [5.74, 6) is 1.57. The zero-order valence-electron chi connectivity index (χ0n) is 7.79. The van der Waals surface area contributed by atoms with Crippen LogP contribution < -0.4 is 0 Å². The molecule has 14 heavy (non-hydrogen) atoms. The molecule has 77 valence electrons. The lowest BCUT2D eigenvalue weighted by Gasteiger charge is -2.11. The average molecular weight is 231 g/mol. The topological polar surface area (TPSA) is 57.5 Å². The van der Waals surface area contributed by atoms with Crippen molar-refractivity contribution < 1.29 is 14.8 Å². The van der Waals surface area contributed by atoms with E-state index in [9.17, 15) is 4.79 Å². The second-order valence-electron chi connectivity index (χ2n) is 3.04. The van der Waals surface area contributed by atoms with Crippen LogP contribution in [0.1, 0.15) is 6.42 Å². The second-order valence-corrected chi connectivity index (χ2v) is 5.67. The zero-order chi connectivity index (χ0) is 10.6. The van der Waals surface area contributed by atoms with Crippen molar-refractivity contribution in [2.24, 2.45) is 5.92 Å². The van der Waals surface area contributed by atoms with Gasteiger partial charge in [0.05, 0.1) is 9.83 Å². The summed E-state index contributed by atoms with van der Waals surface area (Å²) in [5, 5.41) is 17.3. The summed E-state index contributed by atoms with van der Waals surface area (Å²) in [5.41, 5.74) is 0. The zero-order valence-corrected chi connectivity index (χ0v) is 9.42. The minimum atomic E-state index is -1.40. The second kappa shape index (κ2) is 5.85. The molecule has 0 bridgehead atoms. The molecule has 0 spiro atoms. The molecule has 3 nitrogen and oxygen atoms in total. The van der Waals surface area contributed by atoms with Gasteiger partial charge in [0, 0.05) is 0 Å². The Balaban J connectivity index is 2.54. The quantitative estimate of drug-likeness (QED) is 0.689. The van der Waals surface area contributed by atoms with Crippen molar-refractivity contribution in [3.8, 4) is 0 Å². The highest BCUT2D eigenvalue weighted by molar-refractivity contribution is 8.17. The predicted octanol–water partition coefficient (Wildman–Crippen LogP) is 0.475. The first-order valence-electron chi connectivity index (χ1n) is 4.27. The molecule has 0 aromatic rings.